The van der Waals surface area contributed by atoms with Gasteiger partial charge >= 0.3 is 0 Å². The van der Waals surface area contributed by atoms with Crippen LogP contribution in [-0.4, -0.2) is 4.98 Å². The second-order valence-electron chi connectivity index (χ2n) is 5.58. The van der Waals surface area contributed by atoms with Gasteiger partial charge in [-0.15, -0.1) is 0 Å². The van der Waals surface area contributed by atoms with Gasteiger partial charge in [-0.3, -0.25) is 0 Å². The summed E-state index contributed by atoms with van der Waals surface area (Å²) in [5.74, 6) is 1.05. The first-order chi connectivity index (χ1) is 10.9. The van der Waals surface area contributed by atoms with Crippen LogP contribution < -0.4 is 4.48 Å². The van der Waals surface area contributed by atoms with E-state index in [-0.39, 0.29) is 0 Å². The van der Waals surface area contributed by atoms with Crippen LogP contribution in [0.2, 0.25) is 0 Å². The van der Waals surface area contributed by atoms with Crippen LogP contribution in [0, 0.1) is 0 Å². The number of aromatic nitrogens is 1. The van der Waals surface area contributed by atoms with Gasteiger partial charge in [-0.05, 0) is 12.1 Å². The zero-order valence-corrected chi connectivity index (χ0v) is 12.3. The van der Waals surface area contributed by atoms with E-state index >= 15 is 0 Å². The van der Waals surface area contributed by atoms with Gasteiger partial charge in [0, 0.05) is 35.5 Å². The molecule has 1 aromatic heterocycles. The molecule has 3 aromatic rings. The van der Waals surface area contributed by atoms with Crippen molar-refractivity contribution < 1.29 is 0 Å². The van der Waals surface area contributed by atoms with Crippen LogP contribution >= 0.6 is 0 Å². The SMILES string of the molecule is C1=C[N+](Cc2ccccc2)(c2ccccn2)c2ccccc21. The maximum Gasteiger partial charge on any atom is 0.237 e. The summed E-state index contributed by atoms with van der Waals surface area (Å²) in [6.07, 6.45) is 6.32. The number of fused-ring (bicyclic) bond motifs is 1. The van der Waals surface area contributed by atoms with Crippen molar-refractivity contribution in [1.29, 1.82) is 0 Å². The maximum absolute atomic E-state index is 4.65. The molecule has 1 aliphatic heterocycles. The summed E-state index contributed by atoms with van der Waals surface area (Å²) in [4.78, 5) is 4.65. The molecule has 0 saturated carbocycles. The Morgan fingerprint density at radius 1 is 0.773 bits per heavy atom. The highest BCUT2D eigenvalue weighted by atomic mass is 15.4. The minimum absolute atomic E-state index is 0.640. The molecule has 2 heteroatoms. The standard InChI is InChI=1S/C20H17N2/c1-2-8-17(9-3-1)16-22(20-12-6-7-14-21-20)15-13-18-10-4-5-11-19(18)22/h1-15H,16H2/q+1. The number of para-hydroxylation sites is 1. The fourth-order valence-electron chi connectivity index (χ4n) is 3.16. The third-order valence-corrected chi connectivity index (χ3v) is 4.21. The van der Waals surface area contributed by atoms with Crippen molar-refractivity contribution >= 4 is 17.6 Å². The predicted octanol–water partition coefficient (Wildman–Crippen LogP) is 4.91. The Labute approximate surface area is 130 Å². The number of hydrogen-bond acceptors (Lipinski definition) is 1. The van der Waals surface area contributed by atoms with Crippen molar-refractivity contribution in [2.75, 3.05) is 0 Å². The van der Waals surface area contributed by atoms with Crippen molar-refractivity contribution in [3.63, 3.8) is 0 Å². The number of pyridine rings is 1. The zero-order valence-electron chi connectivity index (χ0n) is 12.3. The Bertz CT molecular complexity index is 809. The average Bonchev–Trinajstić information content (AvgIpc) is 2.97. The largest absolute Gasteiger partial charge is 0.237 e. The van der Waals surface area contributed by atoms with Gasteiger partial charge < -0.3 is 0 Å². The van der Waals surface area contributed by atoms with Crippen LogP contribution in [0.1, 0.15) is 11.1 Å². The maximum atomic E-state index is 4.65. The summed E-state index contributed by atoms with van der Waals surface area (Å²) in [6, 6.07) is 25.3. The van der Waals surface area contributed by atoms with Gasteiger partial charge in [-0.2, -0.15) is 0 Å². The molecule has 0 radical (unpaired) electrons. The van der Waals surface area contributed by atoms with E-state index in [4.69, 9.17) is 0 Å². The van der Waals surface area contributed by atoms with Crippen LogP contribution in [0.3, 0.4) is 0 Å². The first-order valence-corrected chi connectivity index (χ1v) is 7.51. The molecular formula is C20H17N2+. The third kappa shape index (κ3) is 2.05. The molecule has 0 N–H and O–H groups in total. The molecular weight excluding hydrogens is 268 g/mol. The van der Waals surface area contributed by atoms with Crippen molar-refractivity contribution in [2.45, 2.75) is 6.54 Å². The van der Waals surface area contributed by atoms with E-state index in [1.807, 2.05) is 12.3 Å². The normalized spacial score (nSPS) is 19.1. The molecule has 1 aliphatic rings. The highest BCUT2D eigenvalue weighted by molar-refractivity contribution is 5.78. The summed E-state index contributed by atoms with van der Waals surface area (Å²) in [6.45, 7) is 0.866. The van der Waals surface area contributed by atoms with Crippen LogP contribution in [0.15, 0.2) is 85.2 Å². The molecule has 0 fully saturated rings. The molecule has 0 saturated heterocycles. The van der Waals surface area contributed by atoms with E-state index in [0.717, 1.165) is 12.4 Å². The molecule has 0 spiro atoms. The van der Waals surface area contributed by atoms with Gasteiger partial charge in [-0.25, -0.2) is 9.47 Å². The molecule has 1 atom stereocenters. The lowest BCUT2D eigenvalue weighted by molar-refractivity contribution is 0.495. The lowest BCUT2D eigenvalue weighted by Gasteiger charge is -2.30. The minimum Gasteiger partial charge on any atom is -0.212 e. The van der Waals surface area contributed by atoms with E-state index in [2.05, 4.69) is 84.0 Å². The highest BCUT2D eigenvalue weighted by Crippen LogP contribution is 2.43. The van der Waals surface area contributed by atoms with Gasteiger partial charge in [0.2, 0.25) is 5.82 Å². The summed E-state index contributed by atoms with van der Waals surface area (Å²) in [5, 5.41) is 0. The van der Waals surface area contributed by atoms with Crippen LogP contribution in [-0.2, 0) is 6.54 Å². The number of rotatable bonds is 3. The Kier molecular flexibility index (Phi) is 3.10. The second kappa shape index (κ2) is 5.24. The first kappa shape index (κ1) is 13.0. The Balaban J connectivity index is 1.89. The molecule has 4 rings (SSSR count). The van der Waals surface area contributed by atoms with E-state index in [1.165, 1.54) is 16.8 Å². The number of benzene rings is 2. The monoisotopic (exact) mass is 285 g/mol. The lowest BCUT2D eigenvalue weighted by atomic mass is 10.1. The molecule has 2 heterocycles. The van der Waals surface area contributed by atoms with E-state index in [0.29, 0.717) is 4.48 Å². The quantitative estimate of drug-likeness (QED) is 0.623. The van der Waals surface area contributed by atoms with Gasteiger partial charge in [0.05, 0.1) is 0 Å². The van der Waals surface area contributed by atoms with Gasteiger partial charge in [0.25, 0.3) is 0 Å². The molecule has 22 heavy (non-hydrogen) atoms. The number of nitrogens with zero attached hydrogens (tertiary/aromatic N) is 2. The van der Waals surface area contributed by atoms with Gasteiger partial charge in [0.1, 0.15) is 12.7 Å². The summed E-state index contributed by atoms with van der Waals surface area (Å²) in [7, 11) is 0. The smallest absolute Gasteiger partial charge is 0.212 e. The molecule has 1 unspecified atom stereocenters. The lowest BCUT2D eigenvalue weighted by Crippen LogP contribution is -2.36. The Morgan fingerprint density at radius 3 is 2.36 bits per heavy atom. The fraction of sp³-hybridized carbons (Fsp3) is 0.0500. The van der Waals surface area contributed by atoms with Gasteiger partial charge in [0.15, 0.2) is 5.69 Å². The van der Waals surface area contributed by atoms with Crippen molar-refractivity contribution in [1.82, 2.24) is 9.47 Å². The zero-order chi connectivity index (χ0) is 14.8. The number of hydrogen-bond donors (Lipinski definition) is 0. The summed E-state index contributed by atoms with van der Waals surface area (Å²) in [5.41, 5.74) is 3.85. The second-order valence-corrected chi connectivity index (χ2v) is 5.58. The average molecular weight is 285 g/mol. The van der Waals surface area contributed by atoms with Crippen molar-refractivity contribution in [2.24, 2.45) is 0 Å². The molecule has 0 bridgehead atoms. The summed E-state index contributed by atoms with van der Waals surface area (Å²) >= 11 is 0. The first-order valence-electron chi connectivity index (χ1n) is 7.51. The van der Waals surface area contributed by atoms with E-state index in [9.17, 15) is 0 Å². The van der Waals surface area contributed by atoms with E-state index < -0.39 is 0 Å². The number of quaternary nitrogens is 1. The third-order valence-electron chi connectivity index (χ3n) is 4.21. The Morgan fingerprint density at radius 2 is 1.55 bits per heavy atom. The fourth-order valence-corrected chi connectivity index (χ4v) is 3.16. The molecule has 0 aliphatic carbocycles. The van der Waals surface area contributed by atoms with Crippen LogP contribution in [0.4, 0.5) is 11.5 Å². The summed E-state index contributed by atoms with van der Waals surface area (Å²) < 4.78 is 0.640. The highest BCUT2D eigenvalue weighted by Gasteiger charge is 2.38. The molecule has 106 valence electrons. The Hall–Kier alpha value is -2.71. The van der Waals surface area contributed by atoms with Crippen molar-refractivity contribution in [3.05, 3.63) is 96.3 Å². The molecule has 2 nitrogen and oxygen atoms in total. The molecule has 0 amide bonds. The predicted molar refractivity (Wildman–Crippen MR) is 91.3 cm³/mol. The topological polar surface area (TPSA) is 12.9 Å². The van der Waals surface area contributed by atoms with Crippen molar-refractivity contribution in [3.8, 4) is 0 Å². The molecule has 2 aromatic carbocycles. The van der Waals surface area contributed by atoms with E-state index in [1.54, 1.807) is 0 Å². The van der Waals surface area contributed by atoms with Crippen LogP contribution in [0.5, 0.6) is 0 Å². The van der Waals surface area contributed by atoms with Crippen LogP contribution in [0.25, 0.3) is 6.08 Å². The minimum atomic E-state index is 0.640. The van der Waals surface area contributed by atoms with Gasteiger partial charge in [-0.1, -0.05) is 48.5 Å².